The van der Waals surface area contributed by atoms with Crippen molar-refractivity contribution in [1.82, 2.24) is 14.3 Å². The Labute approximate surface area is 100 Å². The maximum atomic E-state index is 12.1. The van der Waals surface area contributed by atoms with Crippen molar-refractivity contribution in [2.75, 3.05) is 18.9 Å². The largest absolute Gasteiger partial charge is 0.381 e. The summed E-state index contributed by atoms with van der Waals surface area (Å²) < 4.78 is 33.4. The Kier molecular flexibility index (Phi) is 3.36. The van der Waals surface area contributed by atoms with Crippen molar-refractivity contribution < 1.29 is 13.2 Å². The Hall–Kier alpha value is -1.12. The van der Waals surface area contributed by atoms with Crippen molar-refractivity contribution in [3.63, 3.8) is 0 Å². The molecule has 2 heterocycles. The van der Waals surface area contributed by atoms with Crippen LogP contribution in [-0.2, 0) is 21.8 Å². The van der Waals surface area contributed by atoms with E-state index in [1.807, 2.05) is 0 Å². The minimum absolute atomic E-state index is 0.0176. The van der Waals surface area contributed by atoms with E-state index in [0.717, 1.165) is 0 Å². The molecule has 0 saturated carbocycles. The highest BCUT2D eigenvalue weighted by Gasteiger charge is 2.26. The first-order valence-corrected chi connectivity index (χ1v) is 6.86. The number of aromatic nitrogens is 2. The van der Waals surface area contributed by atoms with Crippen LogP contribution in [0.3, 0.4) is 0 Å². The fourth-order valence-electron chi connectivity index (χ4n) is 1.86. The zero-order chi connectivity index (χ0) is 12.5. The second-order valence-electron chi connectivity index (χ2n) is 4.05. The van der Waals surface area contributed by atoms with Crippen molar-refractivity contribution in [3.8, 4) is 0 Å². The Morgan fingerprint density at radius 1 is 1.53 bits per heavy atom. The molecule has 0 spiro atoms. The molecule has 1 aliphatic heterocycles. The molecule has 1 aromatic rings. The topological polar surface area (TPSA) is 99.2 Å². The summed E-state index contributed by atoms with van der Waals surface area (Å²) in [4.78, 5) is 3.77. The number of nitrogen functional groups attached to an aromatic ring is 1. The van der Waals surface area contributed by atoms with Gasteiger partial charge in [0.15, 0.2) is 10.8 Å². The van der Waals surface area contributed by atoms with Crippen molar-refractivity contribution >= 4 is 15.8 Å². The molecule has 1 aliphatic rings. The molecule has 0 amide bonds. The molecule has 17 heavy (non-hydrogen) atoms. The van der Waals surface area contributed by atoms with Crippen LogP contribution >= 0.6 is 0 Å². The molecule has 1 saturated heterocycles. The number of imidazole rings is 1. The lowest BCUT2D eigenvalue weighted by Gasteiger charge is -2.22. The number of rotatable bonds is 3. The third-order valence-corrected chi connectivity index (χ3v) is 4.36. The van der Waals surface area contributed by atoms with Gasteiger partial charge in [-0.25, -0.2) is 18.1 Å². The molecule has 0 aliphatic carbocycles. The molecule has 1 fully saturated rings. The van der Waals surface area contributed by atoms with Gasteiger partial charge in [-0.1, -0.05) is 0 Å². The highest BCUT2D eigenvalue weighted by Crippen LogP contribution is 2.17. The lowest BCUT2D eigenvalue weighted by molar-refractivity contribution is 0.0832. The molecule has 0 atom stereocenters. The average molecular weight is 260 g/mol. The van der Waals surface area contributed by atoms with Gasteiger partial charge in [0.2, 0.25) is 0 Å². The van der Waals surface area contributed by atoms with Gasteiger partial charge in [-0.3, -0.25) is 0 Å². The lowest BCUT2D eigenvalue weighted by Crippen LogP contribution is -2.39. The number of hydrogen-bond donors (Lipinski definition) is 2. The molecule has 96 valence electrons. The predicted molar refractivity (Wildman–Crippen MR) is 61.8 cm³/mol. The van der Waals surface area contributed by atoms with Crippen LogP contribution in [-0.4, -0.2) is 37.2 Å². The quantitative estimate of drug-likeness (QED) is 0.760. The predicted octanol–water partition coefficient (Wildman–Crippen LogP) is -0.540. The molecular formula is C9H16N4O3S. The summed E-state index contributed by atoms with van der Waals surface area (Å²) in [5.41, 5.74) is 5.56. The zero-order valence-corrected chi connectivity index (χ0v) is 10.4. The van der Waals surface area contributed by atoms with Crippen molar-refractivity contribution in [2.24, 2.45) is 7.05 Å². The number of ether oxygens (including phenoxy) is 1. The number of aryl methyl sites for hydroxylation is 1. The molecule has 8 heteroatoms. The van der Waals surface area contributed by atoms with E-state index in [4.69, 9.17) is 10.5 Å². The smallest absolute Gasteiger partial charge is 0.260 e. The Morgan fingerprint density at radius 2 is 2.18 bits per heavy atom. The second kappa shape index (κ2) is 4.63. The minimum Gasteiger partial charge on any atom is -0.381 e. The van der Waals surface area contributed by atoms with E-state index in [9.17, 15) is 8.42 Å². The summed E-state index contributed by atoms with van der Waals surface area (Å²) in [6.45, 7) is 1.15. The van der Waals surface area contributed by atoms with Crippen LogP contribution in [0.1, 0.15) is 12.8 Å². The Balaban J connectivity index is 2.19. The van der Waals surface area contributed by atoms with E-state index in [1.54, 1.807) is 7.05 Å². The third kappa shape index (κ3) is 2.59. The van der Waals surface area contributed by atoms with Gasteiger partial charge in [0, 0.05) is 26.3 Å². The van der Waals surface area contributed by atoms with Crippen LogP contribution in [0.15, 0.2) is 11.4 Å². The van der Waals surface area contributed by atoms with E-state index in [2.05, 4.69) is 9.71 Å². The van der Waals surface area contributed by atoms with E-state index < -0.39 is 10.0 Å². The van der Waals surface area contributed by atoms with Gasteiger partial charge in [-0.2, -0.15) is 0 Å². The second-order valence-corrected chi connectivity index (χ2v) is 5.68. The van der Waals surface area contributed by atoms with Gasteiger partial charge in [0.1, 0.15) is 0 Å². The monoisotopic (exact) mass is 260 g/mol. The molecule has 7 nitrogen and oxygen atoms in total. The van der Waals surface area contributed by atoms with E-state index in [-0.39, 0.29) is 16.9 Å². The standard InChI is InChI=1S/C9H16N4O3S/c1-13-6-11-8(10)9(13)17(14,15)12-7-2-4-16-5-3-7/h6-7,12H,2-5,10H2,1H3. The lowest BCUT2D eigenvalue weighted by atomic mass is 10.1. The highest BCUT2D eigenvalue weighted by molar-refractivity contribution is 7.89. The molecule has 0 unspecified atom stereocenters. The summed E-state index contributed by atoms with van der Waals surface area (Å²) in [6.07, 6.45) is 2.74. The molecule has 1 aromatic heterocycles. The summed E-state index contributed by atoms with van der Waals surface area (Å²) >= 11 is 0. The molecule has 2 rings (SSSR count). The van der Waals surface area contributed by atoms with E-state index in [0.29, 0.717) is 26.1 Å². The van der Waals surface area contributed by atoms with Gasteiger partial charge in [0.05, 0.1) is 6.33 Å². The number of nitrogens with one attached hydrogen (secondary N) is 1. The SMILES string of the molecule is Cn1cnc(N)c1S(=O)(=O)NC1CCOCC1. The fraction of sp³-hybridized carbons (Fsp3) is 0.667. The zero-order valence-electron chi connectivity index (χ0n) is 9.59. The molecular weight excluding hydrogens is 244 g/mol. The molecule has 0 bridgehead atoms. The normalized spacial score (nSPS) is 18.4. The first-order chi connectivity index (χ1) is 8.00. The molecule has 0 radical (unpaired) electrons. The highest BCUT2D eigenvalue weighted by atomic mass is 32.2. The van der Waals surface area contributed by atoms with Crippen molar-refractivity contribution in [3.05, 3.63) is 6.33 Å². The van der Waals surface area contributed by atoms with Crippen LogP contribution < -0.4 is 10.5 Å². The number of hydrogen-bond acceptors (Lipinski definition) is 5. The number of sulfonamides is 1. The summed E-state index contributed by atoms with van der Waals surface area (Å²) in [6, 6.07) is -0.0944. The molecule has 3 N–H and O–H groups in total. The van der Waals surface area contributed by atoms with Crippen LogP contribution in [0, 0.1) is 0 Å². The average Bonchev–Trinajstić information content (AvgIpc) is 2.59. The first kappa shape index (κ1) is 12.3. The van der Waals surface area contributed by atoms with Crippen LogP contribution in [0.25, 0.3) is 0 Å². The van der Waals surface area contributed by atoms with Gasteiger partial charge in [-0.15, -0.1) is 0 Å². The van der Waals surface area contributed by atoms with Crippen molar-refractivity contribution in [1.29, 1.82) is 0 Å². The van der Waals surface area contributed by atoms with E-state index in [1.165, 1.54) is 10.9 Å². The third-order valence-electron chi connectivity index (χ3n) is 2.71. The maximum absolute atomic E-state index is 12.1. The van der Waals surface area contributed by atoms with Gasteiger partial charge < -0.3 is 15.0 Å². The van der Waals surface area contributed by atoms with Crippen molar-refractivity contribution in [2.45, 2.75) is 23.9 Å². The van der Waals surface area contributed by atoms with Gasteiger partial charge in [-0.05, 0) is 12.8 Å². The van der Waals surface area contributed by atoms with Gasteiger partial charge >= 0.3 is 0 Å². The van der Waals surface area contributed by atoms with Crippen LogP contribution in [0.4, 0.5) is 5.82 Å². The summed E-state index contributed by atoms with van der Waals surface area (Å²) in [5.74, 6) is 0.0204. The number of nitrogens with zero attached hydrogens (tertiary/aromatic N) is 2. The van der Waals surface area contributed by atoms with E-state index >= 15 is 0 Å². The Morgan fingerprint density at radius 3 is 2.71 bits per heavy atom. The Bertz CT molecular complexity index is 471. The maximum Gasteiger partial charge on any atom is 0.260 e. The van der Waals surface area contributed by atoms with Crippen LogP contribution in [0.5, 0.6) is 0 Å². The summed E-state index contributed by atoms with van der Waals surface area (Å²) in [7, 11) is -2.01. The summed E-state index contributed by atoms with van der Waals surface area (Å²) in [5, 5.41) is 0.0176. The number of nitrogens with two attached hydrogens (primary N) is 1. The first-order valence-electron chi connectivity index (χ1n) is 5.37. The molecule has 0 aromatic carbocycles. The van der Waals surface area contributed by atoms with Crippen LogP contribution in [0.2, 0.25) is 0 Å². The minimum atomic E-state index is -3.61. The number of anilines is 1. The fourth-order valence-corrected chi connectivity index (χ4v) is 3.40. The van der Waals surface area contributed by atoms with Gasteiger partial charge in [0.25, 0.3) is 10.0 Å².